The van der Waals surface area contributed by atoms with Crippen LogP contribution in [0.25, 0.3) is 0 Å². The smallest absolute Gasteiger partial charge is 0.00271 e. The number of terminal acetylenes is 1. The van der Waals surface area contributed by atoms with Gasteiger partial charge in [0.1, 0.15) is 0 Å². The average molecular weight is 148 g/mol. The van der Waals surface area contributed by atoms with Crippen LogP contribution >= 0.6 is 0 Å². The lowest BCUT2D eigenvalue weighted by Gasteiger charge is -1.40. The van der Waals surface area contributed by atoms with E-state index < -0.39 is 0 Å². The zero-order chi connectivity index (χ0) is 9.54. The lowest BCUT2D eigenvalue weighted by atomic mass is 10.7. The van der Waals surface area contributed by atoms with Gasteiger partial charge >= 0.3 is 0 Å². The molecule has 0 radical (unpaired) electrons. The Balaban J connectivity index is -0.0000000886. The fourth-order valence-corrected chi connectivity index (χ4v) is 0. The van der Waals surface area contributed by atoms with Gasteiger partial charge in [0.15, 0.2) is 0 Å². The first kappa shape index (κ1) is 16.3. The first-order chi connectivity index (χ1) is 5.24. The van der Waals surface area contributed by atoms with Crippen LogP contribution in [-0.4, -0.2) is 0 Å². The molecule has 0 saturated carbocycles. The van der Waals surface area contributed by atoms with Crippen molar-refractivity contribution in [3.05, 3.63) is 0 Å². The molecule has 0 saturated heterocycles. The van der Waals surface area contributed by atoms with Crippen molar-refractivity contribution in [2.24, 2.45) is 0 Å². The summed E-state index contributed by atoms with van der Waals surface area (Å²) in [4.78, 5) is 0. The topological polar surface area (TPSA) is 0 Å². The standard InChI is InChI=1S/2C4H6.C3H4/c2*1-3-4-2;1-3-2/h2*1-2H3;1H,2H3. The summed E-state index contributed by atoms with van der Waals surface area (Å²) < 4.78 is 0. The van der Waals surface area contributed by atoms with Gasteiger partial charge in [0.2, 0.25) is 0 Å². The summed E-state index contributed by atoms with van der Waals surface area (Å²) in [7, 11) is 0. The van der Waals surface area contributed by atoms with Crippen molar-refractivity contribution in [2.75, 3.05) is 0 Å². The van der Waals surface area contributed by atoms with E-state index in [0.717, 1.165) is 0 Å². The van der Waals surface area contributed by atoms with Gasteiger partial charge in [-0.3, -0.25) is 0 Å². The number of hydrogen-bond acceptors (Lipinski definition) is 0. The van der Waals surface area contributed by atoms with Crippen LogP contribution < -0.4 is 0 Å². The third-order valence-electron chi connectivity index (χ3n) is 0.500. The number of hydrogen-bond donors (Lipinski definition) is 0. The second kappa shape index (κ2) is 37.8. The molecular formula is C11H16. The van der Waals surface area contributed by atoms with Crippen LogP contribution in [0, 0.1) is 36.0 Å². The third-order valence-corrected chi connectivity index (χ3v) is 0.500. The second-order valence-electron chi connectivity index (χ2n) is 1.29. The molecule has 0 aliphatic carbocycles. The van der Waals surface area contributed by atoms with Crippen molar-refractivity contribution in [2.45, 2.75) is 34.6 Å². The van der Waals surface area contributed by atoms with Crippen LogP contribution in [0.15, 0.2) is 0 Å². The fraction of sp³-hybridized carbons (Fsp3) is 0.455. The molecule has 0 N–H and O–H groups in total. The first-order valence-electron chi connectivity index (χ1n) is 3.29. The molecule has 0 fully saturated rings. The minimum atomic E-state index is 1.65. The monoisotopic (exact) mass is 148 g/mol. The highest BCUT2D eigenvalue weighted by Crippen LogP contribution is 1.39. The Bertz CT molecular complexity index is 152. The molecule has 0 aliphatic heterocycles. The van der Waals surface area contributed by atoms with Crippen molar-refractivity contribution in [3.8, 4) is 36.0 Å². The second-order valence-corrected chi connectivity index (χ2v) is 1.29. The number of rotatable bonds is 0. The van der Waals surface area contributed by atoms with Gasteiger partial charge < -0.3 is 0 Å². The third kappa shape index (κ3) is 838. The maximum Gasteiger partial charge on any atom is -0.00271 e. The van der Waals surface area contributed by atoms with Crippen molar-refractivity contribution in [1.29, 1.82) is 0 Å². The summed E-state index contributed by atoms with van der Waals surface area (Å²) in [5.41, 5.74) is 0. The predicted molar refractivity (Wildman–Crippen MR) is 52.8 cm³/mol. The lowest BCUT2D eigenvalue weighted by molar-refractivity contribution is 1.83. The zero-order valence-electron chi connectivity index (χ0n) is 8.08. The van der Waals surface area contributed by atoms with Crippen molar-refractivity contribution < 1.29 is 0 Å². The van der Waals surface area contributed by atoms with E-state index in [4.69, 9.17) is 0 Å². The Morgan fingerprint density at radius 1 is 0.636 bits per heavy atom. The van der Waals surface area contributed by atoms with E-state index in [1.54, 1.807) is 6.92 Å². The van der Waals surface area contributed by atoms with Gasteiger partial charge in [-0.1, -0.05) is 0 Å². The summed E-state index contributed by atoms with van der Waals surface area (Å²) in [5, 5.41) is 0. The van der Waals surface area contributed by atoms with Gasteiger partial charge in [-0.25, -0.2) is 0 Å². The van der Waals surface area contributed by atoms with E-state index in [0.29, 0.717) is 0 Å². The Kier molecular flexibility index (Phi) is 56.2. The highest BCUT2D eigenvalue weighted by Gasteiger charge is 1.27. The van der Waals surface area contributed by atoms with Crippen LogP contribution in [0.1, 0.15) is 34.6 Å². The molecule has 0 amide bonds. The molecule has 60 valence electrons. The predicted octanol–water partition coefficient (Wildman–Crippen LogP) is 2.70. The Hall–Kier alpha value is -1.32. The molecule has 0 rings (SSSR count). The maximum absolute atomic E-state index is 4.60. The van der Waals surface area contributed by atoms with E-state index in [1.165, 1.54) is 0 Å². The summed E-state index contributed by atoms with van der Waals surface area (Å²) in [6, 6.07) is 0. The molecule has 0 aromatic carbocycles. The Morgan fingerprint density at radius 3 is 0.727 bits per heavy atom. The van der Waals surface area contributed by atoms with Crippen molar-refractivity contribution >= 4 is 0 Å². The zero-order valence-corrected chi connectivity index (χ0v) is 8.08. The molecule has 0 bridgehead atoms. The molecule has 0 heteroatoms. The molecule has 0 aromatic heterocycles. The highest BCUT2D eigenvalue weighted by atomic mass is 13.3. The van der Waals surface area contributed by atoms with Crippen molar-refractivity contribution in [3.63, 3.8) is 0 Å². The summed E-state index contributed by atoms with van der Waals surface area (Å²) in [6.07, 6.45) is 4.60. The van der Waals surface area contributed by atoms with E-state index in [9.17, 15) is 0 Å². The summed E-state index contributed by atoms with van der Waals surface area (Å²) in [6.45, 7) is 8.93. The quantitative estimate of drug-likeness (QED) is 0.463. The van der Waals surface area contributed by atoms with Gasteiger partial charge in [-0.05, 0) is 34.6 Å². The molecule has 0 aliphatic rings. The maximum atomic E-state index is 4.60. The molecular weight excluding hydrogens is 132 g/mol. The molecule has 0 atom stereocenters. The Morgan fingerprint density at radius 2 is 0.727 bits per heavy atom. The average Bonchev–Trinajstić information content (AvgIpc) is 2.06. The Labute approximate surface area is 71.4 Å². The van der Waals surface area contributed by atoms with Gasteiger partial charge in [0, 0.05) is 0 Å². The molecule has 11 heavy (non-hydrogen) atoms. The summed E-state index contributed by atoms with van der Waals surface area (Å²) >= 11 is 0. The fourth-order valence-electron chi connectivity index (χ4n) is 0. The van der Waals surface area contributed by atoms with Gasteiger partial charge in [-0.2, -0.15) is 0 Å². The van der Waals surface area contributed by atoms with Crippen LogP contribution in [0.5, 0.6) is 0 Å². The molecule has 0 spiro atoms. The largest absolute Gasteiger partial charge is 0.120 e. The van der Waals surface area contributed by atoms with Crippen LogP contribution in [0.2, 0.25) is 0 Å². The molecule has 0 aromatic rings. The molecule has 0 nitrogen and oxygen atoms in total. The van der Waals surface area contributed by atoms with Crippen LogP contribution in [0.4, 0.5) is 0 Å². The van der Waals surface area contributed by atoms with E-state index in [2.05, 4.69) is 36.0 Å². The van der Waals surface area contributed by atoms with Crippen LogP contribution in [0.3, 0.4) is 0 Å². The van der Waals surface area contributed by atoms with Gasteiger partial charge in [-0.15, -0.1) is 36.0 Å². The highest BCUT2D eigenvalue weighted by molar-refractivity contribution is 4.89. The summed E-state index contributed by atoms with van der Waals surface area (Å²) in [5.74, 6) is 13.0. The SMILES string of the molecule is C#CC.CC#CC.CC#CC. The van der Waals surface area contributed by atoms with E-state index in [1.807, 2.05) is 27.7 Å². The normalized spacial score (nSPS) is 3.27. The van der Waals surface area contributed by atoms with E-state index >= 15 is 0 Å². The minimum Gasteiger partial charge on any atom is -0.120 e. The van der Waals surface area contributed by atoms with Gasteiger partial charge in [0.05, 0.1) is 0 Å². The first-order valence-corrected chi connectivity index (χ1v) is 3.29. The van der Waals surface area contributed by atoms with Gasteiger partial charge in [0.25, 0.3) is 0 Å². The minimum absolute atomic E-state index is 1.65. The lowest BCUT2D eigenvalue weighted by Crippen LogP contribution is -1.28. The molecule has 0 unspecified atom stereocenters. The van der Waals surface area contributed by atoms with Crippen LogP contribution in [-0.2, 0) is 0 Å². The molecule has 0 heterocycles. The van der Waals surface area contributed by atoms with Crippen molar-refractivity contribution in [1.82, 2.24) is 0 Å². The van der Waals surface area contributed by atoms with E-state index in [-0.39, 0.29) is 0 Å².